The van der Waals surface area contributed by atoms with Crippen LogP contribution >= 0.6 is 11.3 Å². The summed E-state index contributed by atoms with van der Waals surface area (Å²) in [7, 11) is 0. The van der Waals surface area contributed by atoms with E-state index in [2.05, 4.69) is 29.0 Å². The van der Waals surface area contributed by atoms with E-state index in [0.29, 0.717) is 6.42 Å². The van der Waals surface area contributed by atoms with E-state index >= 15 is 0 Å². The average Bonchev–Trinajstić information content (AvgIpc) is 3.04. The molecule has 112 valence electrons. The number of hydrogen-bond donors (Lipinski definition) is 1. The lowest BCUT2D eigenvalue weighted by Gasteiger charge is -2.17. The Morgan fingerprint density at radius 1 is 1.40 bits per heavy atom. The van der Waals surface area contributed by atoms with Crippen molar-refractivity contribution < 1.29 is 4.79 Å². The highest BCUT2D eigenvalue weighted by atomic mass is 32.1. The molecular weight excluding hydrogens is 270 g/mol. The second kappa shape index (κ2) is 7.18. The smallest absolute Gasteiger partial charge is 0.221 e. The average molecular weight is 295 g/mol. The molecule has 1 atom stereocenters. The number of likely N-dealkylation sites (tertiary alicyclic amines) is 1. The van der Waals surface area contributed by atoms with Crippen LogP contribution < -0.4 is 5.32 Å². The zero-order valence-corrected chi connectivity index (χ0v) is 13.6. The van der Waals surface area contributed by atoms with Gasteiger partial charge in [0, 0.05) is 17.8 Å². The summed E-state index contributed by atoms with van der Waals surface area (Å²) in [5.41, 5.74) is 1.08. The molecule has 1 amide bonds. The maximum absolute atomic E-state index is 12.1. The zero-order chi connectivity index (χ0) is 14.5. The van der Waals surface area contributed by atoms with Gasteiger partial charge in [-0.05, 0) is 46.2 Å². The van der Waals surface area contributed by atoms with Crippen LogP contribution in [0, 0.1) is 13.8 Å². The first-order chi connectivity index (χ1) is 9.60. The summed E-state index contributed by atoms with van der Waals surface area (Å²) in [5, 5.41) is 4.17. The van der Waals surface area contributed by atoms with Crippen molar-refractivity contribution in [1.29, 1.82) is 0 Å². The molecule has 0 bridgehead atoms. The number of aromatic nitrogens is 1. The maximum atomic E-state index is 12.1. The Balaban J connectivity index is 1.84. The molecule has 0 spiro atoms. The summed E-state index contributed by atoms with van der Waals surface area (Å²) < 4.78 is 0. The molecule has 0 saturated carbocycles. The summed E-state index contributed by atoms with van der Waals surface area (Å²) >= 11 is 1.70. The summed E-state index contributed by atoms with van der Waals surface area (Å²) in [6.45, 7) is 9.38. The van der Waals surface area contributed by atoms with Gasteiger partial charge >= 0.3 is 0 Å². The van der Waals surface area contributed by atoms with Crippen LogP contribution in [0.15, 0.2) is 0 Å². The standard InChI is InChI=1S/C15H25N3OS/c1-4-13(15-16-11(2)12(3)20-15)17-14(19)7-10-18-8-5-6-9-18/h13H,4-10H2,1-3H3,(H,17,19). The van der Waals surface area contributed by atoms with Gasteiger partial charge in [0.05, 0.1) is 11.7 Å². The van der Waals surface area contributed by atoms with Crippen molar-refractivity contribution in [2.24, 2.45) is 0 Å². The minimum absolute atomic E-state index is 0.0680. The Bertz CT molecular complexity index is 432. The lowest BCUT2D eigenvalue weighted by molar-refractivity contribution is -0.122. The zero-order valence-electron chi connectivity index (χ0n) is 12.7. The minimum atomic E-state index is 0.0680. The SMILES string of the molecule is CCC(NC(=O)CCN1CCCC1)c1nc(C)c(C)s1. The molecule has 0 radical (unpaired) electrons. The molecule has 1 aromatic heterocycles. The van der Waals surface area contributed by atoms with E-state index in [1.807, 2.05) is 6.92 Å². The van der Waals surface area contributed by atoms with Crippen LogP contribution in [-0.4, -0.2) is 35.4 Å². The highest BCUT2D eigenvalue weighted by molar-refractivity contribution is 7.11. The number of carbonyl (C=O) groups excluding carboxylic acids is 1. The molecule has 1 fully saturated rings. The van der Waals surface area contributed by atoms with Crippen molar-refractivity contribution in [2.45, 2.75) is 52.5 Å². The second-order valence-corrected chi connectivity index (χ2v) is 6.76. The molecule has 0 aliphatic carbocycles. The highest BCUT2D eigenvalue weighted by Gasteiger charge is 2.18. The highest BCUT2D eigenvalue weighted by Crippen LogP contribution is 2.24. The van der Waals surface area contributed by atoms with Gasteiger partial charge in [0.25, 0.3) is 0 Å². The van der Waals surface area contributed by atoms with E-state index in [0.717, 1.165) is 36.8 Å². The topological polar surface area (TPSA) is 45.2 Å². The van der Waals surface area contributed by atoms with Crippen molar-refractivity contribution in [3.05, 3.63) is 15.6 Å². The summed E-state index contributed by atoms with van der Waals surface area (Å²) in [5.74, 6) is 0.147. The van der Waals surface area contributed by atoms with Crippen molar-refractivity contribution in [1.82, 2.24) is 15.2 Å². The molecule has 1 aliphatic heterocycles. The van der Waals surface area contributed by atoms with E-state index in [1.165, 1.54) is 17.7 Å². The number of rotatable bonds is 6. The number of aryl methyl sites for hydroxylation is 2. The fourth-order valence-electron chi connectivity index (χ4n) is 2.52. The number of thiazole rings is 1. The molecule has 1 saturated heterocycles. The molecule has 2 heterocycles. The van der Waals surface area contributed by atoms with Gasteiger partial charge in [0.1, 0.15) is 5.01 Å². The van der Waals surface area contributed by atoms with E-state index in [9.17, 15) is 4.79 Å². The first-order valence-corrected chi connectivity index (χ1v) is 8.37. The predicted octanol–water partition coefficient (Wildman–Crippen LogP) is 2.81. The monoisotopic (exact) mass is 295 g/mol. The Labute approximate surface area is 125 Å². The normalized spacial score (nSPS) is 17.4. The van der Waals surface area contributed by atoms with Crippen molar-refractivity contribution in [3.8, 4) is 0 Å². The van der Waals surface area contributed by atoms with Gasteiger partial charge < -0.3 is 10.2 Å². The molecule has 5 heteroatoms. The van der Waals surface area contributed by atoms with Crippen LogP contribution in [0.3, 0.4) is 0 Å². The van der Waals surface area contributed by atoms with Gasteiger partial charge in [-0.2, -0.15) is 0 Å². The third kappa shape index (κ3) is 4.03. The van der Waals surface area contributed by atoms with Crippen molar-refractivity contribution in [3.63, 3.8) is 0 Å². The fraction of sp³-hybridized carbons (Fsp3) is 0.733. The maximum Gasteiger partial charge on any atom is 0.221 e. The van der Waals surface area contributed by atoms with Gasteiger partial charge in [-0.25, -0.2) is 4.98 Å². The molecule has 0 aromatic carbocycles. The van der Waals surface area contributed by atoms with E-state index in [-0.39, 0.29) is 11.9 Å². The van der Waals surface area contributed by atoms with E-state index in [4.69, 9.17) is 0 Å². The predicted molar refractivity (Wildman–Crippen MR) is 83.1 cm³/mol. The van der Waals surface area contributed by atoms with Crippen LogP contribution in [-0.2, 0) is 4.79 Å². The van der Waals surface area contributed by atoms with Gasteiger partial charge in [0.2, 0.25) is 5.91 Å². The van der Waals surface area contributed by atoms with Gasteiger partial charge in [0.15, 0.2) is 0 Å². The molecule has 1 N–H and O–H groups in total. The molecule has 4 nitrogen and oxygen atoms in total. The van der Waals surface area contributed by atoms with Crippen LogP contribution in [0.5, 0.6) is 0 Å². The van der Waals surface area contributed by atoms with Crippen LogP contribution in [0.1, 0.15) is 54.2 Å². The number of nitrogens with zero attached hydrogens (tertiary/aromatic N) is 2. The molecule has 1 unspecified atom stereocenters. The Morgan fingerprint density at radius 3 is 2.65 bits per heavy atom. The molecule has 20 heavy (non-hydrogen) atoms. The van der Waals surface area contributed by atoms with Gasteiger partial charge in [-0.15, -0.1) is 11.3 Å². The third-order valence-corrected chi connectivity index (χ3v) is 5.13. The summed E-state index contributed by atoms with van der Waals surface area (Å²) in [4.78, 5) is 20.3. The Hall–Kier alpha value is -0.940. The first-order valence-electron chi connectivity index (χ1n) is 7.55. The third-order valence-electron chi connectivity index (χ3n) is 3.94. The molecule has 1 aromatic rings. The number of amides is 1. The quantitative estimate of drug-likeness (QED) is 0.878. The van der Waals surface area contributed by atoms with Crippen LogP contribution in [0.25, 0.3) is 0 Å². The number of hydrogen-bond acceptors (Lipinski definition) is 4. The van der Waals surface area contributed by atoms with Crippen molar-refractivity contribution in [2.75, 3.05) is 19.6 Å². The van der Waals surface area contributed by atoms with Crippen molar-refractivity contribution >= 4 is 17.2 Å². The number of nitrogens with one attached hydrogen (secondary N) is 1. The summed E-state index contributed by atoms with van der Waals surface area (Å²) in [6, 6.07) is 0.0680. The summed E-state index contributed by atoms with van der Waals surface area (Å²) in [6.07, 6.45) is 4.04. The van der Waals surface area contributed by atoms with E-state index < -0.39 is 0 Å². The molecule has 1 aliphatic rings. The van der Waals surface area contributed by atoms with Gasteiger partial charge in [-0.1, -0.05) is 6.92 Å². The number of carbonyl (C=O) groups is 1. The lowest BCUT2D eigenvalue weighted by atomic mass is 10.2. The molecule has 2 rings (SSSR count). The lowest BCUT2D eigenvalue weighted by Crippen LogP contribution is -2.31. The fourth-order valence-corrected chi connectivity index (χ4v) is 3.57. The largest absolute Gasteiger partial charge is 0.347 e. The Kier molecular flexibility index (Phi) is 5.54. The van der Waals surface area contributed by atoms with Gasteiger partial charge in [-0.3, -0.25) is 4.79 Å². The van der Waals surface area contributed by atoms with Crippen LogP contribution in [0.2, 0.25) is 0 Å². The first kappa shape index (κ1) is 15.4. The van der Waals surface area contributed by atoms with Crippen LogP contribution in [0.4, 0.5) is 0 Å². The second-order valence-electron chi connectivity index (χ2n) is 5.52. The molecular formula is C15H25N3OS. The van der Waals surface area contributed by atoms with E-state index in [1.54, 1.807) is 11.3 Å². The minimum Gasteiger partial charge on any atom is -0.347 e. The Morgan fingerprint density at radius 2 is 2.10 bits per heavy atom.